The molecule has 2 heterocycles. The molecule has 0 saturated heterocycles. The molecular formula is C15H10ClF6N5. The second-order valence-corrected chi connectivity index (χ2v) is 6.00. The number of fused-ring (bicyclic) bond motifs is 1. The summed E-state index contributed by atoms with van der Waals surface area (Å²) in [6.45, 7) is 0.755. The third-order valence-electron chi connectivity index (χ3n) is 3.72. The molecule has 5 nitrogen and oxygen atoms in total. The van der Waals surface area contributed by atoms with Crippen molar-refractivity contribution < 1.29 is 26.3 Å². The van der Waals surface area contributed by atoms with E-state index in [2.05, 4.69) is 15.1 Å². The zero-order chi connectivity index (χ0) is 20.1. The number of alkyl halides is 3. The summed E-state index contributed by atoms with van der Waals surface area (Å²) in [5.74, 6) is -3.96. The average Bonchev–Trinajstić information content (AvgIpc) is 2.89. The van der Waals surface area contributed by atoms with Gasteiger partial charge in [0.25, 0.3) is 0 Å². The third kappa shape index (κ3) is 3.38. The van der Waals surface area contributed by atoms with Gasteiger partial charge in [-0.1, -0.05) is 11.6 Å². The first-order valence-corrected chi connectivity index (χ1v) is 7.74. The van der Waals surface area contributed by atoms with Crippen LogP contribution in [-0.4, -0.2) is 31.4 Å². The van der Waals surface area contributed by atoms with E-state index in [1.54, 1.807) is 0 Å². The van der Waals surface area contributed by atoms with Gasteiger partial charge in [0, 0.05) is 19.2 Å². The van der Waals surface area contributed by atoms with Crippen molar-refractivity contribution in [2.24, 2.45) is 12.0 Å². The van der Waals surface area contributed by atoms with Crippen LogP contribution in [0.3, 0.4) is 0 Å². The van der Waals surface area contributed by atoms with Gasteiger partial charge in [0.2, 0.25) is 5.78 Å². The molecule has 0 bridgehead atoms. The van der Waals surface area contributed by atoms with E-state index in [4.69, 9.17) is 11.6 Å². The molecule has 0 aliphatic heterocycles. The van der Waals surface area contributed by atoms with E-state index < -0.39 is 51.4 Å². The average molecular weight is 410 g/mol. The van der Waals surface area contributed by atoms with Gasteiger partial charge in [0.1, 0.15) is 35.0 Å². The Labute approximate surface area is 152 Å². The van der Waals surface area contributed by atoms with Gasteiger partial charge in [-0.15, -0.1) is 0 Å². The van der Waals surface area contributed by atoms with Crippen LogP contribution in [0.25, 0.3) is 16.9 Å². The van der Waals surface area contributed by atoms with E-state index in [0.717, 1.165) is 11.4 Å². The first-order chi connectivity index (χ1) is 12.5. The number of aryl methyl sites for hydroxylation is 1. The Balaban J connectivity index is 2.49. The van der Waals surface area contributed by atoms with Crippen LogP contribution in [0.2, 0.25) is 5.15 Å². The van der Waals surface area contributed by atoms with Crippen LogP contribution in [0, 0.1) is 17.5 Å². The highest BCUT2D eigenvalue weighted by molar-refractivity contribution is 6.32. The molecule has 1 atom stereocenters. The van der Waals surface area contributed by atoms with Crippen LogP contribution in [0.4, 0.5) is 26.3 Å². The highest BCUT2D eigenvalue weighted by atomic mass is 35.5. The van der Waals surface area contributed by atoms with Crippen molar-refractivity contribution in [1.29, 1.82) is 0 Å². The number of aromatic nitrogens is 4. The predicted octanol–water partition coefficient (Wildman–Crippen LogP) is 3.66. The molecule has 0 fully saturated rings. The lowest BCUT2D eigenvalue weighted by Crippen LogP contribution is -2.30. The Morgan fingerprint density at radius 1 is 1.11 bits per heavy atom. The van der Waals surface area contributed by atoms with Crippen LogP contribution in [0.5, 0.6) is 0 Å². The molecule has 0 aliphatic carbocycles. The van der Waals surface area contributed by atoms with Gasteiger partial charge in [-0.05, 0) is 6.92 Å². The zero-order valence-electron chi connectivity index (χ0n) is 13.7. The highest BCUT2D eigenvalue weighted by Crippen LogP contribution is 2.30. The van der Waals surface area contributed by atoms with Crippen LogP contribution in [0.1, 0.15) is 6.92 Å². The van der Waals surface area contributed by atoms with E-state index in [1.807, 2.05) is 0 Å². The van der Waals surface area contributed by atoms with E-state index in [9.17, 15) is 26.3 Å². The smallest absolute Gasteiger partial charge is 0.303 e. The topological polar surface area (TPSA) is 47.5 Å². The molecule has 144 valence electrons. The van der Waals surface area contributed by atoms with E-state index >= 15 is 0 Å². The fourth-order valence-electron chi connectivity index (χ4n) is 2.37. The first kappa shape index (κ1) is 19.2. The Kier molecular flexibility index (Phi) is 4.66. The quantitative estimate of drug-likeness (QED) is 0.479. The normalized spacial score (nSPS) is 14.2. The summed E-state index contributed by atoms with van der Waals surface area (Å²) in [6.07, 6.45) is -3.52. The molecule has 0 radical (unpaired) electrons. The number of hydrogen-bond donors (Lipinski definition) is 0. The second-order valence-electron chi connectivity index (χ2n) is 5.65. The van der Waals surface area contributed by atoms with Gasteiger partial charge >= 0.3 is 6.18 Å². The zero-order valence-corrected chi connectivity index (χ0v) is 14.4. The molecule has 3 aromatic rings. The maximum Gasteiger partial charge on any atom is 0.410 e. The van der Waals surface area contributed by atoms with Crippen LogP contribution < -0.4 is 5.49 Å². The third-order valence-corrected chi connectivity index (χ3v) is 3.99. The molecule has 1 aromatic carbocycles. The largest absolute Gasteiger partial charge is 0.410 e. The van der Waals surface area contributed by atoms with Gasteiger partial charge in [-0.25, -0.2) is 13.2 Å². The molecule has 1 unspecified atom stereocenters. The van der Waals surface area contributed by atoms with E-state index in [0.29, 0.717) is 12.1 Å². The Morgan fingerprint density at radius 3 is 2.26 bits per heavy atom. The fourth-order valence-corrected chi connectivity index (χ4v) is 2.63. The molecule has 0 aliphatic rings. The molecule has 2 aromatic heterocycles. The molecule has 12 heteroatoms. The maximum atomic E-state index is 14.3. The summed E-state index contributed by atoms with van der Waals surface area (Å²) in [5.41, 5.74) is -2.00. The van der Waals surface area contributed by atoms with Crippen LogP contribution in [-0.2, 0) is 7.05 Å². The van der Waals surface area contributed by atoms with Crippen molar-refractivity contribution in [3.63, 3.8) is 0 Å². The van der Waals surface area contributed by atoms with Gasteiger partial charge in [-0.2, -0.15) is 27.8 Å². The lowest BCUT2D eigenvalue weighted by Gasteiger charge is -2.13. The number of benzene rings is 1. The molecule has 3 rings (SSSR count). The lowest BCUT2D eigenvalue weighted by atomic mass is 10.1. The Bertz CT molecular complexity index is 1080. The summed E-state index contributed by atoms with van der Waals surface area (Å²) in [5, 5.41) is 3.32. The second kappa shape index (κ2) is 6.55. The summed E-state index contributed by atoms with van der Waals surface area (Å²) in [7, 11) is 1.49. The fraction of sp³-hybridized carbons (Fsp3) is 0.267. The minimum absolute atomic E-state index is 0.0141. The van der Waals surface area contributed by atoms with Gasteiger partial charge in [0.15, 0.2) is 5.49 Å². The standard InChI is InChI=1S/C15H10ClF6N5/c1-6(15(20,21)22)24-13-11(10-8(18)3-7(17)4-9(10)19)12(16)25-14-26(2)5-23-27(13)14/h3-6H,1-2H3/b24-13-. The van der Waals surface area contributed by atoms with E-state index in [1.165, 1.54) is 17.9 Å². The lowest BCUT2D eigenvalue weighted by molar-refractivity contribution is -0.143. The monoisotopic (exact) mass is 409 g/mol. The first-order valence-electron chi connectivity index (χ1n) is 7.36. The molecule has 0 amide bonds. The summed E-state index contributed by atoms with van der Waals surface area (Å²) in [6, 6.07) is -1.49. The minimum atomic E-state index is -4.73. The Hall–Kier alpha value is -2.56. The molecule has 27 heavy (non-hydrogen) atoms. The number of halogens is 7. The van der Waals surface area contributed by atoms with Crippen molar-refractivity contribution >= 4 is 17.4 Å². The van der Waals surface area contributed by atoms with Crippen molar-refractivity contribution in [2.75, 3.05) is 0 Å². The van der Waals surface area contributed by atoms with Crippen molar-refractivity contribution in [1.82, 2.24) is 19.2 Å². The molecular weight excluding hydrogens is 400 g/mol. The van der Waals surface area contributed by atoms with Crippen molar-refractivity contribution in [3.05, 3.63) is 46.6 Å². The van der Waals surface area contributed by atoms with Crippen LogP contribution in [0.15, 0.2) is 23.5 Å². The molecule has 0 N–H and O–H groups in total. The number of rotatable bonds is 2. The van der Waals surface area contributed by atoms with Gasteiger partial charge in [-0.3, -0.25) is 4.99 Å². The maximum absolute atomic E-state index is 14.3. The minimum Gasteiger partial charge on any atom is -0.303 e. The van der Waals surface area contributed by atoms with Gasteiger partial charge in [0.05, 0.1) is 11.1 Å². The Morgan fingerprint density at radius 2 is 1.70 bits per heavy atom. The van der Waals surface area contributed by atoms with Crippen molar-refractivity contribution in [2.45, 2.75) is 19.1 Å². The van der Waals surface area contributed by atoms with Crippen LogP contribution >= 0.6 is 11.6 Å². The summed E-state index contributed by atoms with van der Waals surface area (Å²) >= 11 is 6.02. The highest BCUT2D eigenvalue weighted by Gasteiger charge is 2.36. The summed E-state index contributed by atoms with van der Waals surface area (Å²) in [4.78, 5) is 7.43. The summed E-state index contributed by atoms with van der Waals surface area (Å²) < 4.78 is 83.0. The van der Waals surface area contributed by atoms with Gasteiger partial charge < -0.3 is 4.57 Å². The number of hydrogen-bond acceptors (Lipinski definition) is 3. The predicted molar refractivity (Wildman–Crippen MR) is 83.4 cm³/mol. The SMILES string of the molecule is CC(/N=c1/c(-c2c(F)cc(F)cc2F)c(Cl)nc2n(C)cnn12)C(F)(F)F. The number of nitrogens with zero attached hydrogens (tertiary/aromatic N) is 5. The molecule has 0 saturated carbocycles. The molecule has 0 spiro atoms. The van der Waals surface area contributed by atoms with E-state index in [-0.39, 0.29) is 5.78 Å². The van der Waals surface area contributed by atoms with Crippen molar-refractivity contribution in [3.8, 4) is 11.1 Å².